The Balaban J connectivity index is 0.00000441. The molecule has 6 nitrogen and oxygen atoms in total. The Bertz CT molecular complexity index is 367. The van der Waals surface area contributed by atoms with Gasteiger partial charge >= 0.3 is 11.9 Å². The van der Waals surface area contributed by atoms with Crippen LogP contribution in [0.4, 0.5) is 0 Å². The number of rotatable bonds is 9. The Labute approximate surface area is 137 Å². The number of ether oxygens (including phenoxy) is 2. The highest BCUT2D eigenvalue weighted by atomic mass is 35.5. The molecule has 0 aromatic carbocycles. The van der Waals surface area contributed by atoms with Gasteiger partial charge in [-0.25, -0.2) is 9.59 Å². The molecule has 0 amide bonds. The van der Waals surface area contributed by atoms with Gasteiger partial charge in [0.15, 0.2) is 0 Å². The predicted molar refractivity (Wildman–Crippen MR) is 85.3 cm³/mol. The minimum absolute atomic E-state index is 0. The summed E-state index contributed by atoms with van der Waals surface area (Å²) in [4.78, 5) is 24.4. The Kier molecular flexibility index (Phi) is 11.8. The van der Waals surface area contributed by atoms with Crippen LogP contribution >= 0.6 is 12.4 Å². The van der Waals surface area contributed by atoms with Crippen molar-refractivity contribution in [3.8, 4) is 0 Å². The number of nitrogens with zero attached hydrogens (tertiary/aromatic N) is 1. The van der Waals surface area contributed by atoms with Crippen molar-refractivity contribution in [2.24, 2.45) is 0 Å². The number of methoxy groups -OCH3 is 1. The first-order valence-corrected chi connectivity index (χ1v) is 7.45. The molecule has 22 heavy (non-hydrogen) atoms. The zero-order valence-corrected chi connectivity index (χ0v) is 13.9. The highest BCUT2D eigenvalue weighted by Gasteiger charge is 2.12. The van der Waals surface area contributed by atoms with E-state index in [9.17, 15) is 9.59 Å². The number of carboxylic acid groups (broad SMARTS) is 1. The molecule has 0 spiro atoms. The van der Waals surface area contributed by atoms with Crippen molar-refractivity contribution < 1.29 is 24.2 Å². The van der Waals surface area contributed by atoms with E-state index in [1.54, 1.807) is 0 Å². The number of carboxylic acids is 1. The largest absolute Gasteiger partial charge is 0.478 e. The summed E-state index contributed by atoms with van der Waals surface area (Å²) in [7, 11) is 1.26. The molecule has 0 saturated carbocycles. The summed E-state index contributed by atoms with van der Waals surface area (Å²) in [6.45, 7) is 4.74. The molecule has 0 bridgehead atoms. The number of hydrogen-bond acceptors (Lipinski definition) is 5. The second kappa shape index (κ2) is 12.4. The van der Waals surface area contributed by atoms with Crippen LogP contribution in [0, 0.1) is 0 Å². The first kappa shape index (κ1) is 20.9. The van der Waals surface area contributed by atoms with Crippen LogP contribution in [0.3, 0.4) is 0 Å². The fourth-order valence-electron chi connectivity index (χ4n) is 2.34. The van der Waals surface area contributed by atoms with Gasteiger partial charge in [-0.2, -0.15) is 0 Å². The van der Waals surface area contributed by atoms with E-state index in [1.165, 1.54) is 7.11 Å². The average Bonchev–Trinajstić information content (AvgIpc) is 2.49. The van der Waals surface area contributed by atoms with Crippen molar-refractivity contribution >= 4 is 24.3 Å². The molecule has 0 aliphatic carbocycles. The Morgan fingerprint density at radius 2 is 1.82 bits per heavy atom. The molecule has 1 rings (SSSR count). The molecule has 0 radical (unpaired) electrons. The second-order valence-corrected chi connectivity index (χ2v) is 5.12. The van der Waals surface area contributed by atoms with Gasteiger partial charge in [-0.15, -0.1) is 12.4 Å². The van der Waals surface area contributed by atoms with Crippen LogP contribution in [0.5, 0.6) is 0 Å². The number of esters is 1. The summed E-state index contributed by atoms with van der Waals surface area (Å²) in [6, 6.07) is 0. The minimum atomic E-state index is -1.11. The molecular weight excluding hydrogens is 310 g/mol. The number of aliphatic carboxylic acids is 1. The number of carbonyl (C=O) groups excluding carboxylic acids is 1. The molecule has 0 aromatic heterocycles. The predicted octanol–water partition coefficient (Wildman–Crippen LogP) is 1.87. The van der Waals surface area contributed by atoms with Crippen molar-refractivity contribution in [1.29, 1.82) is 0 Å². The summed E-state index contributed by atoms with van der Waals surface area (Å²) >= 11 is 0. The lowest BCUT2D eigenvalue weighted by Gasteiger charge is -2.26. The molecule has 1 heterocycles. The number of halogens is 1. The van der Waals surface area contributed by atoms with Gasteiger partial charge in [0.05, 0.1) is 20.3 Å². The lowest BCUT2D eigenvalue weighted by Crippen LogP contribution is -2.36. The van der Waals surface area contributed by atoms with Crippen LogP contribution in [0.15, 0.2) is 11.6 Å². The Morgan fingerprint density at radius 3 is 2.41 bits per heavy atom. The average molecular weight is 336 g/mol. The zero-order chi connectivity index (χ0) is 15.5. The van der Waals surface area contributed by atoms with E-state index in [0.29, 0.717) is 6.42 Å². The third kappa shape index (κ3) is 9.02. The van der Waals surface area contributed by atoms with Gasteiger partial charge in [-0.3, -0.25) is 4.90 Å². The summed E-state index contributed by atoms with van der Waals surface area (Å²) in [5.74, 6) is -1.66. The van der Waals surface area contributed by atoms with E-state index in [4.69, 9.17) is 9.84 Å². The molecule has 0 unspecified atom stereocenters. The molecule has 1 saturated heterocycles. The molecule has 1 aliphatic rings. The van der Waals surface area contributed by atoms with Crippen molar-refractivity contribution in [3.05, 3.63) is 11.6 Å². The summed E-state index contributed by atoms with van der Waals surface area (Å²) in [5, 5.41) is 8.71. The highest BCUT2D eigenvalue weighted by Crippen LogP contribution is 2.12. The molecule has 1 aliphatic heterocycles. The minimum Gasteiger partial charge on any atom is -0.478 e. The molecular formula is C15H26ClNO5. The molecule has 0 atom stereocenters. The van der Waals surface area contributed by atoms with Gasteiger partial charge in [0.1, 0.15) is 0 Å². The third-order valence-electron chi connectivity index (χ3n) is 3.52. The molecule has 7 heteroatoms. The smallest absolute Gasteiger partial charge is 0.333 e. The third-order valence-corrected chi connectivity index (χ3v) is 3.52. The molecule has 1 N–H and O–H groups in total. The number of unbranched alkanes of at least 4 members (excludes halogenated alkanes) is 3. The fourth-order valence-corrected chi connectivity index (χ4v) is 2.34. The monoisotopic (exact) mass is 335 g/mol. The van der Waals surface area contributed by atoms with Gasteiger partial charge in [-0.1, -0.05) is 12.8 Å². The lowest BCUT2D eigenvalue weighted by atomic mass is 10.1. The van der Waals surface area contributed by atoms with Crippen molar-refractivity contribution in [1.82, 2.24) is 4.90 Å². The topological polar surface area (TPSA) is 76.1 Å². The normalized spacial score (nSPS) is 16.0. The van der Waals surface area contributed by atoms with Gasteiger partial charge in [0.25, 0.3) is 0 Å². The fraction of sp³-hybridized carbons (Fsp3) is 0.733. The summed E-state index contributed by atoms with van der Waals surface area (Å²) in [6.07, 6.45) is 5.39. The van der Waals surface area contributed by atoms with E-state index in [2.05, 4.69) is 9.64 Å². The van der Waals surface area contributed by atoms with E-state index in [1.807, 2.05) is 0 Å². The van der Waals surface area contributed by atoms with Crippen LogP contribution in [0.25, 0.3) is 0 Å². The second-order valence-electron chi connectivity index (χ2n) is 5.12. The van der Waals surface area contributed by atoms with Crippen molar-refractivity contribution in [3.63, 3.8) is 0 Å². The number of morpholine rings is 1. The van der Waals surface area contributed by atoms with E-state index in [0.717, 1.165) is 64.6 Å². The van der Waals surface area contributed by atoms with E-state index >= 15 is 0 Å². The number of carbonyl (C=O) groups is 2. The molecule has 0 aromatic rings. The van der Waals surface area contributed by atoms with Crippen LogP contribution in [0.1, 0.15) is 32.1 Å². The van der Waals surface area contributed by atoms with Gasteiger partial charge in [-0.05, 0) is 25.8 Å². The highest BCUT2D eigenvalue weighted by molar-refractivity contribution is 5.95. The zero-order valence-electron chi connectivity index (χ0n) is 13.1. The van der Waals surface area contributed by atoms with Crippen LogP contribution in [-0.4, -0.2) is 61.9 Å². The standard InChI is InChI=1S/C15H25NO5.ClH/c1-20-15(19)13(12-14(17)18)6-4-2-3-5-7-16-8-10-21-11-9-16;/h12H,2-11H2,1H3,(H,17,18);1H/b13-12+;. The van der Waals surface area contributed by atoms with Gasteiger partial charge in [0, 0.05) is 24.7 Å². The van der Waals surface area contributed by atoms with Crippen LogP contribution in [0.2, 0.25) is 0 Å². The first-order chi connectivity index (χ1) is 10.1. The van der Waals surface area contributed by atoms with E-state index in [-0.39, 0.29) is 18.0 Å². The van der Waals surface area contributed by atoms with E-state index < -0.39 is 11.9 Å². The molecule has 1 fully saturated rings. The summed E-state index contributed by atoms with van der Waals surface area (Å²) < 4.78 is 9.88. The Morgan fingerprint density at radius 1 is 1.18 bits per heavy atom. The van der Waals surface area contributed by atoms with Crippen molar-refractivity contribution in [2.75, 3.05) is 40.0 Å². The Hall–Kier alpha value is -1.11. The maximum Gasteiger partial charge on any atom is 0.333 e. The maximum absolute atomic E-state index is 11.4. The lowest BCUT2D eigenvalue weighted by molar-refractivity contribution is -0.137. The quantitative estimate of drug-likeness (QED) is 0.394. The first-order valence-electron chi connectivity index (χ1n) is 7.45. The van der Waals surface area contributed by atoms with Gasteiger partial charge < -0.3 is 14.6 Å². The van der Waals surface area contributed by atoms with Crippen LogP contribution in [-0.2, 0) is 19.1 Å². The maximum atomic E-state index is 11.4. The molecule has 128 valence electrons. The number of hydrogen-bond donors (Lipinski definition) is 1. The van der Waals surface area contributed by atoms with Gasteiger partial charge in [0.2, 0.25) is 0 Å². The SMILES string of the molecule is COC(=O)/C(=C/C(=O)O)CCCCCCN1CCOCC1.Cl. The van der Waals surface area contributed by atoms with Crippen molar-refractivity contribution in [2.45, 2.75) is 32.1 Å². The van der Waals surface area contributed by atoms with Crippen LogP contribution < -0.4 is 0 Å². The summed E-state index contributed by atoms with van der Waals surface area (Å²) in [5.41, 5.74) is 0.234.